The van der Waals surface area contributed by atoms with Crippen molar-refractivity contribution in [3.05, 3.63) is 60.1 Å². The van der Waals surface area contributed by atoms with Crippen molar-refractivity contribution in [2.24, 2.45) is 0 Å². The number of aryl methyl sites for hydroxylation is 1. The van der Waals surface area contributed by atoms with E-state index in [1.807, 2.05) is 36.4 Å². The molecule has 8 heteroatoms. The van der Waals surface area contributed by atoms with Gasteiger partial charge in [-0.15, -0.1) is 0 Å². The molecule has 30 heavy (non-hydrogen) atoms. The molecule has 2 aromatic heterocycles. The number of nitrogens with zero attached hydrogens (tertiary/aromatic N) is 3. The molecule has 7 nitrogen and oxygen atoms in total. The van der Waals surface area contributed by atoms with Crippen LogP contribution in [-0.2, 0) is 23.1 Å². The molecule has 0 spiro atoms. The largest absolute Gasteiger partial charge is 0.459 e. The van der Waals surface area contributed by atoms with Crippen molar-refractivity contribution in [1.29, 1.82) is 0 Å². The second-order valence-electron chi connectivity index (χ2n) is 7.50. The summed E-state index contributed by atoms with van der Waals surface area (Å²) in [7, 11) is -0.444. The number of imidazole rings is 1. The molecule has 0 aliphatic rings. The van der Waals surface area contributed by atoms with Crippen LogP contribution >= 0.6 is 0 Å². The Morgan fingerprint density at radius 3 is 2.63 bits per heavy atom. The molecule has 1 N–H and O–H groups in total. The summed E-state index contributed by atoms with van der Waals surface area (Å²) >= 11 is 0. The zero-order chi connectivity index (χ0) is 21.5. The average molecular weight is 427 g/mol. The number of nitrogens with one attached hydrogen (secondary N) is 1. The number of fused-ring (bicyclic) bond motifs is 2. The molecule has 0 fully saturated rings. The fourth-order valence-corrected chi connectivity index (χ4v) is 4.50. The van der Waals surface area contributed by atoms with Gasteiger partial charge in [-0.3, -0.25) is 0 Å². The molecule has 2 aromatic carbocycles. The zero-order valence-electron chi connectivity index (χ0n) is 17.6. The first-order valence-electron chi connectivity index (χ1n) is 9.95. The van der Waals surface area contributed by atoms with Gasteiger partial charge in [0.15, 0.2) is 0 Å². The maximum atomic E-state index is 12.5. The molecule has 0 amide bonds. The Morgan fingerprint density at radius 1 is 1.17 bits per heavy atom. The van der Waals surface area contributed by atoms with Gasteiger partial charge in [0.25, 0.3) is 0 Å². The quantitative estimate of drug-likeness (QED) is 0.485. The van der Waals surface area contributed by atoms with Crippen molar-refractivity contribution in [2.45, 2.75) is 37.9 Å². The Hall–Kier alpha value is -2.68. The van der Waals surface area contributed by atoms with Gasteiger partial charge in [0, 0.05) is 26.0 Å². The van der Waals surface area contributed by atoms with E-state index in [0.29, 0.717) is 12.1 Å². The number of hydrogen-bond donors (Lipinski definition) is 1. The molecule has 1 atom stereocenters. The summed E-state index contributed by atoms with van der Waals surface area (Å²) in [6, 6.07) is 15.1. The fraction of sp³-hybridized carbons (Fsp3) is 0.318. The fourth-order valence-electron chi connectivity index (χ4n) is 3.58. The number of para-hydroxylation sites is 1. The summed E-state index contributed by atoms with van der Waals surface area (Å²) < 4.78 is 34.2. The van der Waals surface area contributed by atoms with E-state index in [4.69, 9.17) is 9.40 Å². The van der Waals surface area contributed by atoms with Crippen LogP contribution in [0.1, 0.15) is 31.5 Å². The van der Waals surface area contributed by atoms with Crippen molar-refractivity contribution in [2.75, 3.05) is 14.1 Å². The van der Waals surface area contributed by atoms with E-state index in [2.05, 4.69) is 23.7 Å². The third kappa shape index (κ3) is 3.62. The summed E-state index contributed by atoms with van der Waals surface area (Å²) in [5.41, 5.74) is 2.47. The predicted octanol–water partition coefficient (Wildman–Crippen LogP) is 3.90. The molecule has 2 heterocycles. The maximum Gasteiger partial charge on any atom is 0.242 e. The van der Waals surface area contributed by atoms with Crippen molar-refractivity contribution < 1.29 is 12.8 Å². The minimum Gasteiger partial charge on any atom is -0.459 e. The summed E-state index contributed by atoms with van der Waals surface area (Å²) in [6.45, 7) is 5.39. The van der Waals surface area contributed by atoms with E-state index >= 15 is 0 Å². The second-order valence-corrected chi connectivity index (χ2v) is 9.65. The molecule has 0 saturated carbocycles. The topological polar surface area (TPSA) is 80.4 Å². The highest BCUT2D eigenvalue weighted by Gasteiger charge is 2.20. The van der Waals surface area contributed by atoms with Crippen LogP contribution in [0.2, 0.25) is 0 Å². The molecule has 0 bridgehead atoms. The SMILES string of the molecule is CCn1c(CNC(C)c2cc3ccccc3o2)nc2cc(S(=O)(=O)N(C)C)ccc21. The highest BCUT2D eigenvalue weighted by molar-refractivity contribution is 7.89. The molecule has 4 rings (SSSR count). The number of hydrogen-bond acceptors (Lipinski definition) is 5. The smallest absolute Gasteiger partial charge is 0.242 e. The van der Waals surface area contributed by atoms with Gasteiger partial charge in [-0.05, 0) is 44.2 Å². The van der Waals surface area contributed by atoms with Crippen molar-refractivity contribution >= 4 is 32.0 Å². The third-order valence-corrected chi connectivity index (χ3v) is 7.14. The van der Waals surface area contributed by atoms with Gasteiger partial charge in [-0.2, -0.15) is 0 Å². The van der Waals surface area contributed by atoms with E-state index in [0.717, 1.165) is 34.6 Å². The second kappa shape index (κ2) is 7.86. The lowest BCUT2D eigenvalue weighted by atomic mass is 10.2. The van der Waals surface area contributed by atoms with Gasteiger partial charge in [-0.1, -0.05) is 18.2 Å². The van der Waals surface area contributed by atoms with Crippen LogP contribution < -0.4 is 5.32 Å². The Morgan fingerprint density at radius 2 is 1.93 bits per heavy atom. The van der Waals surface area contributed by atoms with Crippen LogP contribution in [0, 0.1) is 0 Å². The maximum absolute atomic E-state index is 12.5. The lowest BCUT2D eigenvalue weighted by Crippen LogP contribution is -2.22. The minimum atomic E-state index is -3.50. The Kier molecular flexibility index (Phi) is 5.40. The average Bonchev–Trinajstić information content (AvgIpc) is 3.32. The summed E-state index contributed by atoms with van der Waals surface area (Å²) in [6.07, 6.45) is 0. The molecule has 1 unspecified atom stereocenters. The molecule has 0 aliphatic heterocycles. The third-order valence-electron chi connectivity index (χ3n) is 5.33. The van der Waals surface area contributed by atoms with Crippen LogP contribution in [0.4, 0.5) is 0 Å². The van der Waals surface area contributed by atoms with Gasteiger partial charge >= 0.3 is 0 Å². The van der Waals surface area contributed by atoms with Crippen molar-refractivity contribution in [3.8, 4) is 0 Å². The first-order chi connectivity index (χ1) is 14.3. The Labute approximate surface area is 176 Å². The zero-order valence-corrected chi connectivity index (χ0v) is 18.4. The lowest BCUT2D eigenvalue weighted by molar-refractivity contribution is 0.443. The van der Waals surface area contributed by atoms with Crippen LogP contribution in [0.15, 0.2) is 57.8 Å². The van der Waals surface area contributed by atoms with Gasteiger partial charge < -0.3 is 14.3 Å². The molecular formula is C22H26N4O3S. The normalized spacial score (nSPS) is 13.5. The van der Waals surface area contributed by atoms with E-state index in [1.54, 1.807) is 12.1 Å². The number of aromatic nitrogens is 2. The first-order valence-corrected chi connectivity index (χ1v) is 11.4. The van der Waals surface area contributed by atoms with Crippen molar-refractivity contribution in [1.82, 2.24) is 19.2 Å². The highest BCUT2D eigenvalue weighted by Crippen LogP contribution is 2.25. The number of benzene rings is 2. The summed E-state index contributed by atoms with van der Waals surface area (Å²) in [5, 5.41) is 4.55. The summed E-state index contributed by atoms with van der Waals surface area (Å²) in [4.78, 5) is 4.96. The first kappa shape index (κ1) is 20.6. The molecule has 0 saturated heterocycles. The van der Waals surface area contributed by atoms with Gasteiger partial charge in [-0.25, -0.2) is 17.7 Å². The van der Waals surface area contributed by atoms with Crippen LogP contribution in [0.3, 0.4) is 0 Å². The van der Waals surface area contributed by atoms with E-state index in [-0.39, 0.29) is 10.9 Å². The summed E-state index contributed by atoms with van der Waals surface area (Å²) in [5.74, 6) is 1.73. The monoisotopic (exact) mass is 426 g/mol. The van der Waals surface area contributed by atoms with Gasteiger partial charge in [0.2, 0.25) is 10.0 Å². The van der Waals surface area contributed by atoms with Gasteiger partial charge in [0.05, 0.1) is 28.5 Å². The Bertz CT molecular complexity index is 1270. The van der Waals surface area contributed by atoms with Crippen molar-refractivity contribution in [3.63, 3.8) is 0 Å². The number of furan rings is 1. The molecule has 0 aliphatic carbocycles. The minimum absolute atomic E-state index is 0.00666. The molecule has 158 valence electrons. The van der Waals surface area contributed by atoms with E-state index in [9.17, 15) is 8.42 Å². The number of rotatable bonds is 7. The van der Waals surface area contributed by atoms with Crippen LogP contribution in [0.5, 0.6) is 0 Å². The predicted molar refractivity (Wildman–Crippen MR) is 118 cm³/mol. The van der Waals surface area contributed by atoms with E-state index < -0.39 is 10.0 Å². The standard InChI is InChI=1S/C22H26N4O3S/c1-5-26-19-11-10-17(30(27,28)25(3)4)13-18(19)24-22(26)14-23-15(2)21-12-16-8-6-7-9-20(16)29-21/h6-13,15,23H,5,14H2,1-4H3. The molecule has 0 radical (unpaired) electrons. The van der Waals surface area contributed by atoms with E-state index in [1.165, 1.54) is 18.4 Å². The molecular weight excluding hydrogens is 400 g/mol. The van der Waals surface area contributed by atoms with Crippen LogP contribution in [0.25, 0.3) is 22.0 Å². The highest BCUT2D eigenvalue weighted by atomic mass is 32.2. The number of sulfonamides is 1. The molecule has 4 aromatic rings. The lowest BCUT2D eigenvalue weighted by Gasteiger charge is -2.12. The van der Waals surface area contributed by atoms with Gasteiger partial charge in [0.1, 0.15) is 17.2 Å². The Balaban J connectivity index is 1.60. The van der Waals surface area contributed by atoms with Crippen LogP contribution in [-0.4, -0.2) is 36.4 Å².